The summed E-state index contributed by atoms with van der Waals surface area (Å²) in [7, 11) is 0. The molecule has 0 atom stereocenters. The second-order valence-electron chi connectivity index (χ2n) is 4.77. The van der Waals surface area contributed by atoms with E-state index in [1.807, 2.05) is 37.6 Å². The normalized spacial score (nSPS) is 11.3. The molecule has 0 amide bonds. The summed E-state index contributed by atoms with van der Waals surface area (Å²) in [5.41, 5.74) is 3.38. The van der Waals surface area contributed by atoms with E-state index in [0.717, 1.165) is 22.5 Å². The van der Waals surface area contributed by atoms with Crippen LogP contribution >= 0.6 is 23.2 Å². The van der Waals surface area contributed by atoms with Gasteiger partial charge in [-0.1, -0.05) is 23.2 Å². The van der Waals surface area contributed by atoms with Crippen molar-refractivity contribution in [1.29, 1.82) is 0 Å². The van der Waals surface area contributed by atoms with Gasteiger partial charge in [0.1, 0.15) is 0 Å². The van der Waals surface area contributed by atoms with Crippen LogP contribution in [0, 0.1) is 6.92 Å². The number of aliphatic hydroxyl groups is 1. The van der Waals surface area contributed by atoms with Gasteiger partial charge in [0.15, 0.2) is 0 Å². The summed E-state index contributed by atoms with van der Waals surface area (Å²) in [6.07, 6.45) is 0. The van der Waals surface area contributed by atoms with Crippen LogP contribution in [0.15, 0.2) is 18.2 Å². The number of aliphatic hydroxyl groups excluding tert-OH is 1. The van der Waals surface area contributed by atoms with Gasteiger partial charge >= 0.3 is 0 Å². The molecule has 0 saturated heterocycles. The molecule has 0 aliphatic carbocycles. The molecule has 1 aromatic heterocycles. The van der Waals surface area contributed by atoms with Gasteiger partial charge in [0.25, 0.3) is 0 Å². The number of nitrogens with zero attached hydrogens (tertiary/aromatic N) is 2. The minimum Gasteiger partial charge on any atom is -0.392 e. The lowest BCUT2D eigenvalue weighted by atomic mass is 10.1. The molecular formula is C14H16Cl2N2O. The third kappa shape index (κ3) is 2.78. The molecule has 2 rings (SSSR count). The highest BCUT2D eigenvalue weighted by atomic mass is 35.5. The van der Waals surface area contributed by atoms with Gasteiger partial charge in [-0.2, -0.15) is 5.10 Å². The van der Waals surface area contributed by atoms with Crippen molar-refractivity contribution in [3.05, 3.63) is 39.5 Å². The second kappa shape index (κ2) is 5.53. The number of hydrogen-bond donors (Lipinski definition) is 1. The van der Waals surface area contributed by atoms with E-state index in [9.17, 15) is 5.11 Å². The molecule has 0 aliphatic rings. The van der Waals surface area contributed by atoms with Crippen molar-refractivity contribution >= 4 is 23.2 Å². The number of aryl methyl sites for hydroxylation is 1. The Morgan fingerprint density at radius 3 is 2.26 bits per heavy atom. The Kier molecular flexibility index (Phi) is 4.19. The Morgan fingerprint density at radius 1 is 1.21 bits per heavy atom. The molecule has 1 aromatic carbocycles. The molecule has 0 aliphatic heterocycles. The maximum atomic E-state index is 9.57. The zero-order valence-electron chi connectivity index (χ0n) is 11.1. The number of benzene rings is 1. The highest BCUT2D eigenvalue weighted by Crippen LogP contribution is 2.32. The van der Waals surface area contributed by atoms with Gasteiger partial charge in [0.05, 0.1) is 18.0 Å². The molecule has 0 saturated carbocycles. The van der Waals surface area contributed by atoms with Gasteiger partial charge in [-0.15, -0.1) is 0 Å². The van der Waals surface area contributed by atoms with Crippen LogP contribution in [0.4, 0.5) is 0 Å². The fourth-order valence-electron chi connectivity index (χ4n) is 2.14. The molecule has 19 heavy (non-hydrogen) atoms. The number of aromatic nitrogens is 2. The van der Waals surface area contributed by atoms with E-state index in [-0.39, 0.29) is 12.6 Å². The first-order valence-electron chi connectivity index (χ1n) is 6.09. The van der Waals surface area contributed by atoms with E-state index >= 15 is 0 Å². The van der Waals surface area contributed by atoms with Crippen LogP contribution in [0.3, 0.4) is 0 Å². The quantitative estimate of drug-likeness (QED) is 0.920. The Hall–Kier alpha value is -1.03. The fraction of sp³-hybridized carbons (Fsp3) is 0.357. The Labute approximate surface area is 122 Å². The van der Waals surface area contributed by atoms with Crippen LogP contribution in [0.25, 0.3) is 11.3 Å². The predicted molar refractivity (Wildman–Crippen MR) is 78.7 cm³/mol. The molecule has 0 radical (unpaired) electrons. The van der Waals surface area contributed by atoms with E-state index in [1.54, 1.807) is 6.07 Å². The molecule has 2 aromatic rings. The van der Waals surface area contributed by atoms with Crippen molar-refractivity contribution in [3.8, 4) is 11.3 Å². The van der Waals surface area contributed by atoms with Gasteiger partial charge in [-0.05, 0) is 39.0 Å². The molecule has 5 heteroatoms. The van der Waals surface area contributed by atoms with Crippen molar-refractivity contribution in [2.24, 2.45) is 0 Å². The molecule has 102 valence electrons. The topological polar surface area (TPSA) is 38.0 Å². The SMILES string of the molecule is Cc1nn(C(C)C)c(-c2cc(Cl)cc(Cl)c2)c1CO. The van der Waals surface area contributed by atoms with E-state index < -0.39 is 0 Å². The monoisotopic (exact) mass is 298 g/mol. The lowest BCUT2D eigenvalue weighted by molar-refractivity contribution is 0.281. The van der Waals surface area contributed by atoms with Crippen molar-refractivity contribution in [2.75, 3.05) is 0 Å². The van der Waals surface area contributed by atoms with E-state index in [2.05, 4.69) is 5.10 Å². The molecule has 0 spiro atoms. The maximum Gasteiger partial charge on any atom is 0.0744 e. The van der Waals surface area contributed by atoms with Crippen LogP contribution in [0.1, 0.15) is 31.1 Å². The average molecular weight is 299 g/mol. The Balaban J connectivity index is 2.72. The van der Waals surface area contributed by atoms with Gasteiger partial charge in [-0.25, -0.2) is 0 Å². The van der Waals surface area contributed by atoms with E-state index in [1.165, 1.54) is 0 Å². The van der Waals surface area contributed by atoms with Crippen LogP contribution in [0.2, 0.25) is 10.0 Å². The molecule has 0 fully saturated rings. The number of halogens is 2. The summed E-state index contributed by atoms with van der Waals surface area (Å²) in [5.74, 6) is 0. The van der Waals surface area contributed by atoms with Crippen LogP contribution in [-0.4, -0.2) is 14.9 Å². The maximum absolute atomic E-state index is 9.57. The minimum atomic E-state index is -0.0575. The molecule has 0 unspecified atom stereocenters. The lowest BCUT2D eigenvalue weighted by Gasteiger charge is -2.13. The van der Waals surface area contributed by atoms with Gasteiger partial charge in [-0.3, -0.25) is 4.68 Å². The van der Waals surface area contributed by atoms with Crippen LogP contribution in [0.5, 0.6) is 0 Å². The summed E-state index contributed by atoms with van der Waals surface area (Å²) in [5, 5.41) is 15.2. The molecule has 3 nitrogen and oxygen atoms in total. The summed E-state index contributed by atoms with van der Waals surface area (Å²) < 4.78 is 1.89. The van der Waals surface area contributed by atoms with Crippen molar-refractivity contribution < 1.29 is 5.11 Å². The molecule has 1 heterocycles. The van der Waals surface area contributed by atoms with Crippen molar-refractivity contribution in [3.63, 3.8) is 0 Å². The third-order valence-corrected chi connectivity index (χ3v) is 3.43. The zero-order valence-corrected chi connectivity index (χ0v) is 12.6. The van der Waals surface area contributed by atoms with Crippen LogP contribution in [-0.2, 0) is 6.61 Å². The fourth-order valence-corrected chi connectivity index (χ4v) is 2.67. The zero-order chi connectivity index (χ0) is 14.2. The minimum absolute atomic E-state index is 0.0575. The van der Waals surface area contributed by atoms with Crippen LogP contribution < -0.4 is 0 Å². The Bertz CT molecular complexity index is 585. The first kappa shape index (κ1) is 14.4. The smallest absolute Gasteiger partial charge is 0.0744 e. The lowest BCUT2D eigenvalue weighted by Crippen LogP contribution is -2.05. The summed E-state index contributed by atoms with van der Waals surface area (Å²) >= 11 is 12.1. The van der Waals surface area contributed by atoms with Crippen molar-refractivity contribution in [1.82, 2.24) is 9.78 Å². The highest BCUT2D eigenvalue weighted by molar-refractivity contribution is 6.35. The molecular weight excluding hydrogens is 283 g/mol. The predicted octanol–water partition coefficient (Wildman–Crippen LogP) is 4.24. The first-order valence-corrected chi connectivity index (χ1v) is 6.85. The standard InChI is InChI=1S/C14H16Cl2N2O/c1-8(2)18-14(13(7-19)9(3)17-18)10-4-11(15)6-12(16)5-10/h4-6,8,19H,7H2,1-3H3. The average Bonchev–Trinajstić information content (AvgIpc) is 2.64. The second-order valence-corrected chi connectivity index (χ2v) is 5.64. The summed E-state index contributed by atoms with van der Waals surface area (Å²) in [6, 6.07) is 5.55. The third-order valence-electron chi connectivity index (χ3n) is 2.99. The molecule has 0 bridgehead atoms. The van der Waals surface area contributed by atoms with E-state index in [0.29, 0.717) is 10.0 Å². The van der Waals surface area contributed by atoms with Gasteiger partial charge < -0.3 is 5.11 Å². The largest absolute Gasteiger partial charge is 0.392 e. The number of rotatable bonds is 3. The summed E-state index contributed by atoms with van der Waals surface area (Å²) in [4.78, 5) is 0. The Morgan fingerprint density at radius 2 is 1.79 bits per heavy atom. The molecule has 1 N–H and O–H groups in total. The van der Waals surface area contributed by atoms with Gasteiger partial charge in [0, 0.05) is 27.2 Å². The van der Waals surface area contributed by atoms with Crippen molar-refractivity contribution in [2.45, 2.75) is 33.4 Å². The summed E-state index contributed by atoms with van der Waals surface area (Å²) in [6.45, 7) is 5.92. The van der Waals surface area contributed by atoms with E-state index in [4.69, 9.17) is 23.2 Å². The number of hydrogen-bond acceptors (Lipinski definition) is 2. The van der Waals surface area contributed by atoms with Gasteiger partial charge in [0.2, 0.25) is 0 Å². The highest BCUT2D eigenvalue weighted by Gasteiger charge is 2.18. The first-order chi connectivity index (χ1) is 8.93.